The first kappa shape index (κ1) is 28.4. The molecule has 41 heavy (non-hydrogen) atoms. The number of hydrogen-bond donors (Lipinski definition) is 3. The first-order valence-corrected chi connectivity index (χ1v) is 14.4. The molecule has 1 aliphatic heterocycles. The summed E-state index contributed by atoms with van der Waals surface area (Å²) in [6.45, 7) is 8.83. The lowest BCUT2D eigenvalue weighted by atomic mass is 10.1. The highest BCUT2D eigenvalue weighted by Gasteiger charge is 2.29. The van der Waals surface area contributed by atoms with Gasteiger partial charge in [0.1, 0.15) is 17.2 Å². The summed E-state index contributed by atoms with van der Waals surface area (Å²) in [5, 5.41) is 12.6. The van der Waals surface area contributed by atoms with Crippen LogP contribution < -0.4 is 26.9 Å². The molecule has 11 nitrogen and oxygen atoms in total. The molecule has 1 saturated carbocycles. The van der Waals surface area contributed by atoms with Crippen LogP contribution in [-0.4, -0.2) is 62.8 Å². The lowest BCUT2D eigenvalue weighted by molar-refractivity contribution is 0.0694. The maximum atomic E-state index is 12.8. The minimum atomic E-state index is -1.18. The Morgan fingerprint density at radius 2 is 1.80 bits per heavy atom. The highest BCUT2D eigenvalue weighted by atomic mass is 16.4. The second kappa shape index (κ2) is 12.2. The predicted molar refractivity (Wildman–Crippen MR) is 161 cm³/mol. The summed E-state index contributed by atoms with van der Waals surface area (Å²) in [5.74, 6) is 0.279. The van der Waals surface area contributed by atoms with Crippen molar-refractivity contribution >= 4 is 29.2 Å². The van der Waals surface area contributed by atoms with E-state index in [4.69, 9.17) is 5.73 Å². The minimum absolute atomic E-state index is 0.169. The number of nitrogens with one attached hydrogen (secondary N) is 1. The molecule has 0 unspecified atom stereocenters. The summed E-state index contributed by atoms with van der Waals surface area (Å²) in [7, 11) is 0. The summed E-state index contributed by atoms with van der Waals surface area (Å²) in [6, 6.07) is 9.34. The molecular formula is C30H39N7O4. The van der Waals surface area contributed by atoms with Gasteiger partial charge in [0.05, 0.1) is 0 Å². The van der Waals surface area contributed by atoms with E-state index < -0.39 is 11.4 Å². The summed E-state index contributed by atoms with van der Waals surface area (Å²) >= 11 is 0. The Morgan fingerprint density at radius 3 is 2.46 bits per heavy atom. The predicted octanol–water partition coefficient (Wildman–Crippen LogP) is 3.24. The number of hydrogen-bond acceptors (Lipinski definition) is 8. The summed E-state index contributed by atoms with van der Waals surface area (Å²) < 4.78 is 3.49. The number of unbranched alkanes of at least 4 members (excludes halogenated alkanes) is 1. The van der Waals surface area contributed by atoms with E-state index in [-0.39, 0.29) is 23.1 Å². The maximum Gasteiger partial charge on any atom is 0.341 e. The van der Waals surface area contributed by atoms with E-state index in [0.717, 1.165) is 76.3 Å². The van der Waals surface area contributed by atoms with E-state index in [1.807, 2.05) is 10.6 Å². The average molecular weight is 562 g/mol. The van der Waals surface area contributed by atoms with Crippen molar-refractivity contribution in [1.29, 1.82) is 0 Å². The lowest BCUT2D eigenvalue weighted by Gasteiger charge is -2.37. The van der Waals surface area contributed by atoms with Gasteiger partial charge in [-0.3, -0.25) is 19.1 Å². The standard InChI is InChI=1S/C30H39N7O4/c1-3-21-16-22(7-6-20(21)2)32-26-18-28(39)36(30(31)33-26)11-5-4-10-34-12-14-35(15-13-34)27-17-25(38)24(29(40)41)19-37(27)23-8-9-23/h6-7,16-19,23,32H,3-5,8-15H2,1-2H3,(H2,31,33)(H,40,41). The van der Waals surface area contributed by atoms with Gasteiger partial charge in [-0.05, 0) is 68.8 Å². The number of pyridine rings is 1. The quantitative estimate of drug-likeness (QED) is 0.301. The Labute approximate surface area is 239 Å². The number of aromatic nitrogens is 3. The van der Waals surface area contributed by atoms with Crippen molar-refractivity contribution in [2.24, 2.45) is 0 Å². The van der Waals surface area contributed by atoms with Gasteiger partial charge in [-0.25, -0.2) is 4.79 Å². The van der Waals surface area contributed by atoms with Crippen LogP contribution in [0.5, 0.6) is 0 Å². The van der Waals surface area contributed by atoms with Crippen molar-refractivity contribution in [2.75, 3.05) is 48.7 Å². The molecule has 0 bridgehead atoms. The Morgan fingerprint density at radius 1 is 1.07 bits per heavy atom. The number of nitrogens with two attached hydrogens (primary N) is 1. The topological polar surface area (TPSA) is 139 Å². The number of nitrogen functional groups attached to an aromatic ring is 1. The zero-order chi connectivity index (χ0) is 29.1. The number of carboxylic acids is 1. The zero-order valence-corrected chi connectivity index (χ0v) is 23.8. The van der Waals surface area contributed by atoms with Crippen LogP contribution in [0.2, 0.25) is 0 Å². The normalized spacial score (nSPS) is 15.7. The number of piperazine rings is 1. The molecule has 1 saturated heterocycles. The van der Waals surface area contributed by atoms with Gasteiger partial charge in [0.25, 0.3) is 5.56 Å². The molecule has 5 rings (SSSR count). The van der Waals surface area contributed by atoms with E-state index in [2.05, 4.69) is 46.1 Å². The maximum absolute atomic E-state index is 12.8. The van der Waals surface area contributed by atoms with Crippen molar-refractivity contribution in [3.8, 4) is 0 Å². The molecular weight excluding hydrogens is 522 g/mol. The third kappa shape index (κ3) is 6.62. The number of anilines is 4. The first-order chi connectivity index (χ1) is 19.7. The fourth-order valence-corrected chi connectivity index (χ4v) is 5.50. The van der Waals surface area contributed by atoms with Gasteiger partial charge in [-0.15, -0.1) is 0 Å². The Kier molecular flexibility index (Phi) is 8.44. The molecule has 3 heterocycles. The van der Waals surface area contributed by atoms with Crippen LogP contribution in [0.25, 0.3) is 0 Å². The fourth-order valence-electron chi connectivity index (χ4n) is 5.50. The lowest BCUT2D eigenvalue weighted by Crippen LogP contribution is -2.47. The summed E-state index contributed by atoms with van der Waals surface area (Å²) in [5.41, 5.74) is 8.73. The Bertz CT molecular complexity index is 1530. The molecule has 2 aromatic heterocycles. The number of carbonyl (C=O) groups is 1. The monoisotopic (exact) mass is 561 g/mol. The highest BCUT2D eigenvalue weighted by molar-refractivity contribution is 5.87. The van der Waals surface area contributed by atoms with Crippen LogP contribution in [-0.2, 0) is 13.0 Å². The van der Waals surface area contributed by atoms with Gasteiger partial charge >= 0.3 is 5.97 Å². The van der Waals surface area contributed by atoms with Crippen molar-refractivity contribution < 1.29 is 9.90 Å². The molecule has 0 amide bonds. The molecule has 218 valence electrons. The zero-order valence-electron chi connectivity index (χ0n) is 23.8. The van der Waals surface area contributed by atoms with E-state index in [1.165, 1.54) is 34.0 Å². The van der Waals surface area contributed by atoms with Gasteiger partial charge < -0.3 is 25.6 Å². The average Bonchev–Trinajstić information content (AvgIpc) is 3.79. The van der Waals surface area contributed by atoms with E-state index in [0.29, 0.717) is 12.4 Å². The number of carboxylic acid groups (broad SMARTS) is 1. The number of aryl methyl sites for hydroxylation is 2. The Balaban J connectivity index is 1.11. The smallest absolute Gasteiger partial charge is 0.341 e. The van der Waals surface area contributed by atoms with Crippen LogP contribution in [0.3, 0.4) is 0 Å². The Hall–Kier alpha value is -4.12. The van der Waals surface area contributed by atoms with Crippen molar-refractivity contribution in [1.82, 2.24) is 19.0 Å². The van der Waals surface area contributed by atoms with Crippen molar-refractivity contribution in [3.05, 3.63) is 73.8 Å². The number of nitrogens with zero attached hydrogens (tertiary/aromatic N) is 5. The molecule has 3 aromatic rings. The molecule has 0 spiro atoms. The van der Waals surface area contributed by atoms with Crippen LogP contribution in [0.15, 0.2) is 46.1 Å². The largest absolute Gasteiger partial charge is 0.477 e. The van der Waals surface area contributed by atoms with Crippen molar-refractivity contribution in [2.45, 2.75) is 58.5 Å². The number of benzene rings is 1. The summed E-state index contributed by atoms with van der Waals surface area (Å²) in [6.07, 6.45) is 6.16. The van der Waals surface area contributed by atoms with Gasteiger partial charge in [-0.1, -0.05) is 13.0 Å². The number of rotatable bonds is 11. The molecule has 11 heteroatoms. The van der Waals surface area contributed by atoms with E-state index in [9.17, 15) is 19.5 Å². The van der Waals surface area contributed by atoms with Crippen LogP contribution in [0, 0.1) is 6.92 Å². The van der Waals surface area contributed by atoms with E-state index in [1.54, 1.807) is 0 Å². The van der Waals surface area contributed by atoms with Crippen LogP contribution in [0.4, 0.5) is 23.3 Å². The van der Waals surface area contributed by atoms with Gasteiger partial charge in [0.15, 0.2) is 5.43 Å². The third-order valence-electron chi connectivity index (χ3n) is 8.07. The minimum Gasteiger partial charge on any atom is -0.477 e. The van der Waals surface area contributed by atoms with Crippen LogP contribution in [0.1, 0.15) is 60.1 Å². The molecule has 1 aliphatic carbocycles. The highest BCUT2D eigenvalue weighted by Crippen LogP contribution is 2.38. The third-order valence-corrected chi connectivity index (χ3v) is 8.07. The molecule has 0 atom stereocenters. The molecule has 1 aromatic carbocycles. The van der Waals surface area contributed by atoms with Gasteiger partial charge in [0.2, 0.25) is 5.95 Å². The van der Waals surface area contributed by atoms with Crippen LogP contribution >= 0.6 is 0 Å². The summed E-state index contributed by atoms with van der Waals surface area (Å²) in [4.78, 5) is 45.6. The van der Waals surface area contributed by atoms with Gasteiger partial charge in [-0.2, -0.15) is 4.98 Å². The molecule has 0 radical (unpaired) electrons. The van der Waals surface area contributed by atoms with E-state index >= 15 is 0 Å². The first-order valence-electron chi connectivity index (χ1n) is 14.4. The molecule has 2 aliphatic rings. The van der Waals surface area contributed by atoms with Crippen molar-refractivity contribution in [3.63, 3.8) is 0 Å². The second-order valence-electron chi connectivity index (χ2n) is 11.0. The fraction of sp³-hybridized carbons (Fsp3) is 0.467. The SMILES string of the molecule is CCc1cc(Nc2cc(=O)n(CCCCN3CCN(c4cc(=O)c(C(=O)O)cn4C4CC4)CC3)c(N)n2)ccc1C. The molecule has 2 fully saturated rings. The second-order valence-corrected chi connectivity index (χ2v) is 11.0. The number of aromatic carboxylic acids is 1. The molecule has 4 N–H and O–H groups in total. The van der Waals surface area contributed by atoms with Gasteiger partial charge in [0, 0.05) is 62.8 Å².